The van der Waals surface area contributed by atoms with Gasteiger partial charge in [-0.1, -0.05) is 6.92 Å². The Balaban J connectivity index is 1.50. The Morgan fingerprint density at radius 2 is 2.00 bits per heavy atom. The summed E-state index contributed by atoms with van der Waals surface area (Å²) < 4.78 is 62.8. The molecule has 204 valence electrons. The Morgan fingerprint density at radius 1 is 1.18 bits per heavy atom. The number of imidazole rings is 1. The van der Waals surface area contributed by atoms with Crippen LogP contribution in [0.15, 0.2) is 59.3 Å². The van der Waals surface area contributed by atoms with Gasteiger partial charge in [-0.05, 0) is 67.7 Å². The molecule has 7 nitrogen and oxygen atoms in total. The zero-order chi connectivity index (χ0) is 27.7. The number of alkyl halides is 3. The van der Waals surface area contributed by atoms with E-state index in [0.717, 1.165) is 35.9 Å². The molecule has 1 saturated heterocycles. The SMILES string of the molecule is CCC1=C(C=Cc2cnc(-n3cnc(C)c3)c(OC)n2)N=C2C(c3cc(F)ccc3C(F)(F)F)CCCN2C1. The number of rotatable bonds is 6. The summed E-state index contributed by atoms with van der Waals surface area (Å²) in [6.45, 7) is 5.12. The summed E-state index contributed by atoms with van der Waals surface area (Å²) >= 11 is 0. The van der Waals surface area contributed by atoms with Gasteiger partial charge >= 0.3 is 6.18 Å². The number of amidine groups is 1. The van der Waals surface area contributed by atoms with Gasteiger partial charge in [-0.15, -0.1) is 0 Å². The van der Waals surface area contributed by atoms with E-state index in [9.17, 15) is 17.6 Å². The Labute approximate surface area is 223 Å². The standard InChI is InChI=1S/C28H28F4N6O/c1-4-18-15-37-11-5-6-21(22-12-19(29)7-9-23(22)28(30,31)32)25(37)36-24(18)10-8-20-13-33-26(27(35-20)39-3)38-14-17(2)34-16-38/h7-10,12-14,16,21H,4-6,11,15H2,1-3H3. The molecular weight excluding hydrogens is 512 g/mol. The van der Waals surface area contributed by atoms with Gasteiger partial charge in [0.15, 0.2) is 0 Å². The first-order valence-electron chi connectivity index (χ1n) is 12.7. The summed E-state index contributed by atoms with van der Waals surface area (Å²) in [6.07, 6.45) is 5.88. The number of hydrogen-bond donors (Lipinski definition) is 0. The highest BCUT2D eigenvalue weighted by atomic mass is 19.4. The maximum atomic E-state index is 14.1. The van der Waals surface area contributed by atoms with Crippen LogP contribution in [0.2, 0.25) is 0 Å². The highest BCUT2D eigenvalue weighted by Gasteiger charge is 2.39. The van der Waals surface area contributed by atoms with Crippen molar-refractivity contribution in [2.24, 2.45) is 4.99 Å². The maximum Gasteiger partial charge on any atom is 0.416 e. The second-order valence-electron chi connectivity index (χ2n) is 9.54. The summed E-state index contributed by atoms with van der Waals surface area (Å²) in [5.41, 5.74) is 2.18. The molecule has 39 heavy (non-hydrogen) atoms. The molecule has 0 aliphatic carbocycles. The summed E-state index contributed by atoms with van der Waals surface area (Å²) in [5, 5.41) is 0. The first-order valence-corrected chi connectivity index (χ1v) is 12.7. The molecule has 5 rings (SSSR count). The fourth-order valence-corrected chi connectivity index (χ4v) is 5.07. The number of piperidine rings is 1. The molecular formula is C28H28F4N6O. The van der Waals surface area contributed by atoms with E-state index in [1.54, 1.807) is 29.2 Å². The van der Waals surface area contributed by atoms with Gasteiger partial charge in [0, 0.05) is 25.2 Å². The van der Waals surface area contributed by atoms with Crippen LogP contribution in [0, 0.1) is 12.7 Å². The van der Waals surface area contributed by atoms with Crippen molar-refractivity contribution in [3.8, 4) is 11.7 Å². The van der Waals surface area contributed by atoms with E-state index in [2.05, 4.69) is 15.0 Å². The average molecular weight is 541 g/mol. The van der Waals surface area contributed by atoms with E-state index in [0.29, 0.717) is 54.9 Å². The van der Waals surface area contributed by atoms with Crippen LogP contribution in [-0.2, 0) is 6.18 Å². The van der Waals surface area contributed by atoms with E-state index in [1.165, 1.54) is 7.11 Å². The predicted molar refractivity (Wildman–Crippen MR) is 139 cm³/mol. The molecule has 2 aromatic heterocycles. The molecule has 2 aliphatic rings. The Kier molecular flexibility index (Phi) is 7.24. The van der Waals surface area contributed by atoms with E-state index in [1.807, 2.05) is 24.9 Å². The molecule has 1 fully saturated rings. The number of halogens is 4. The lowest BCUT2D eigenvalue weighted by Gasteiger charge is -2.40. The third-order valence-electron chi connectivity index (χ3n) is 6.96. The van der Waals surface area contributed by atoms with Crippen LogP contribution in [0.5, 0.6) is 5.88 Å². The fourth-order valence-electron chi connectivity index (χ4n) is 5.07. The van der Waals surface area contributed by atoms with Crippen molar-refractivity contribution in [2.75, 3.05) is 20.2 Å². The van der Waals surface area contributed by atoms with Gasteiger partial charge in [-0.3, -0.25) is 4.57 Å². The predicted octanol–water partition coefficient (Wildman–Crippen LogP) is 6.11. The highest BCUT2D eigenvalue weighted by Crippen LogP contribution is 2.41. The van der Waals surface area contributed by atoms with Crippen molar-refractivity contribution in [3.05, 3.63) is 82.6 Å². The highest BCUT2D eigenvalue weighted by molar-refractivity contribution is 5.92. The minimum absolute atomic E-state index is 0.0739. The van der Waals surface area contributed by atoms with Crippen molar-refractivity contribution < 1.29 is 22.3 Å². The van der Waals surface area contributed by atoms with Gasteiger partial charge in [0.1, 0.15) is 18.0 Å². The van der Waals surface area contributed by atoms with E-state index < -0.39 is 23.5 Å². The molecule has 0 amide bonds. The van der Waals surface area contributed by atoms with Gasteiger partial charge < -0.3 is 9.64 Å². The monoisotopic (exact) mass is 540 g/mol. The Morgan fingerprint density at radius 3 is 2.69 bits per heavy atom. The van der Waals surface area contributed by atoms with Crippen LogP contribution in [0.4, 0.5) is 17.6 Å². The van der Waals surface area contributed by atoms with Crippen molar-refractivity contribution in [3.63, 3.8) is 0 Å². The largest absolute Gasteiger partial charge is 0.478 e. The van der Waals surface area contributed by atoms with E-state index >= 15 is 0 Å². The smallest absolute Gasteiger partial charge is 0.416 e. The summed E-state index contributed by atoms with van der Waals surface area (Å²) in [6, 6.07) is 2.68. The molecule has 0 radical (unpaired) electrons. The molecule has 0 saturated carbocycles. The number of fused-ring (bicyclic) bond motifs is 1. The number of benzene rings is 1. The molecule has 0 N–H and O–H groups in total. The molecule has 3 aromatic rings. The summed E-state index contributed by atoms with van der Waals surface area (Å²) in [4.78, 5) is 20.1. The number of hydrogen-bond acceptors (Lipinski definition) is 6. The van der Waals surface area contributed by atoms with Crippen LogP contribution in [-0.4, -0.2) is 50.5 Å². The number of allylic oxidation sites excluding steroid dienone is 1. The fraction of sp³-hybridized carbons (Fsp3) is 0.357. The first kappa shape index (κ1) is 26.6. The minimum Gasteiger partial charge on any atom is -0.478 e. The van der Waals surface area contributed by atoms with Crippen LogP contribution in [0.3, 0.4) is 0 Å². The molecule has 1 aromatic carbocycles. The number of methoxy groups -OCH3 is 1. The normalized spacial score (nSPS) is 18.0. The average Bonchev–Trinajstić information content (AvgIpc) is 3.35. The lowest BCUT2D eigenvalue weighted by molar-refractivity contribution is -0.138. The Hall–Kier alpha value is -4.02. The summed E-state index contributed by atoms with van der Waals surface area (Å²) in [5.74, 6) is -0.0102. The van der Waals surface area contributed by atoms with Gasteiger partial charge in [0.2, 0.25) is 5.82 Å². The number of aliphatic imine (C=N–C) groups is 1. The first-order chi connectivity index (χ1) is 18.7. The molecule has 1 unspecified atom stereocenters. The molecule has 0 bridgehead atoms. The molecule has 11 heteroatoms. The quantitative estimate of drug-likeness (QED) is 0.353. The summed E-state index contributed by atoms with van der Waals surface area (Å²) in [7, 11) is 1.51. The van der Waals surface area contributed by atoms with Crippen LogP contribution >= 0.6 is 0 Å². The second-order valence-corrected chi connectivity index (χ2v) is 9.54. The number of aromatic nitrogens is 4. The van der Waals surface area contributed by atoms with E-state index in [-0.39, 0.29) is 5.56 Å². The number of ether oxygens (including phenoxy) is 1. The van der Waals surface area contributed by atoms with Gasteiger partial charge in [-0.25, -0.2) is 24.3 Å². The van der Waals surface area contributed by atoms with Crippen molar-refractivity contribution in [1.82, 2.24) is 24.4 Å². The number of nitrogens with zero attached hydrogens (tertiary/aromatic N) is 6. The van der Waals surface area contributed by atoms with E-state index in [4.69, 9.17) is 9.73 Å². The number of aryl methyl sites for hydroxylation is 1. The zero-order valence-electron chi connectivity index (χ0n) is 21.8. The molecule has 0 spiro atoms. The third kappa shape index (κ3) is 5.43. The van der Waals surface area contributed by atoms with Crippen molar-refractivity contribution >= 4 is 11.9 Å². The topological polar surface area (TPSA) is 68.4 Å². The Bertz CT molecular complexity index is 1470. The van der Waals surface area contributed by atoms with Crippen LogP contribution in [0.1, 0.15) is 54.6 Å². The lowest BCUT2D eigenvalue weighted by Crippen LogP contribution is -2.43. The van der Waals surface area contributed by atoms with Crippen molar-refractivity contribution in [2.45, 2.75) is 45.2 Å². The molecule has 4 heterocycles. The zero-order valence-corrected chi connectivity index (χ0v) is 21.8. The third-order valence-corrected chi connectivity index (χ3v) is 6.96. The molecule has 2 aliphatic heterocycles. The van der Waals surface area contributed by atoms with Crippen LogP contribution in [0.25, 0.3) is 11.9 Å². The molecule has 1 atom stereocenters. The maximum absolute atomic E-state index is 14.1. The van der Waals surface area contributed by atoms with Crippen molar-refractivity contribution in [1.29, 1.82) is 0 Å². The van der Waals surface area contributed by atoms with Gasteiger partial charge in [-0.2, -0.15) is 13.2 Å². The lowest BCUT2D eigenvalue weighted by atomic mass is 9.85. The minimum atomic E-state index is -4.59. The van der Waals surface area contributed by atoms with Gasteiger partial charge in [0.25, 0.3) is 5.88 Å². The van der Waals surface area contributed by atoms with Gasteiger partial charge in [0.05, 0.1) is 36.0 Å². The second kappa shape index (κ2) is 10.6. The van der Waals surface area contributed by atoms with Crippen LogP contribution < -0.4 is 4.74 Å².